The van der Waals surface area contributed by atoms with Crippen LogP contribution in [0.4, 0.5) is 5.69 Å². The highest BCUT2D eigenvalue weighted by atomic mass is 35.5. The van der Waals surface area contributed by atoms with Gasteiger partial charge in [0.05, 0.1) is 11.9 Å². The number of nitrogens with one attached hydrogen (secondary N) is 1. The molecule has 0 bridgehead atoms. The van der Waals surface area contributed by atoms with E-state index in [1.165, 1.54) is 11.0 Å². The minimum absolute atomic E-state index is 0.259. The summed E-state index contributed by atoms with van der Waals surface area (Å²) in [7, 11) is -3.78. The third-order valence-corrected chi connectivity index (χ3v) is 6.89. The molecular weight excluding hydrogens is 462 g/mol. The lowest BCUT2D eigenvalue weighted by molar-refractivity contribution is -0.139. The van der Waals surface area contributed by atoms with E-state index in [0.29, 0.717) is 30.1 Å². The molecule has 7 nitrogen and oxygen atoms in total. The first-order valence-electron chi connectivity index (χ1n) is 10.9. The summed E-state index contributed by atoms with van der Waals surface area (Å²) in [6.07, 6.45) is 1.99. The molecule has 1 atom stereocenters. The number of aryl methyl sites for hydroxylation is 1. The van der Waals surface area contributed by atoms with Gasteiger partial charge >= 0.3 is 0 Å². The molecule has 0 aromatic heterocycles. The molecule has 0 aliphatic heterocycles. The molecule has 0 fully saturated rings. The highest BCUT2D eigenvalue weighted by Crippen LogP contribution is 2.25. The first-order chi connectivity index (χ1) is 15.6. The van der Waals surface area contributed by atoms with E-state index < -0.39 is 28.5 Å². The molecule has 180 valence electrons. The quantitative estimate of drug-likeness (QED) is 0.519. The van der Waals surface area contributed by atoms with Gasteiger partial charge in [0, 0.05) is 18.1 Å². The number of sulfonamides is 1. The number of hydrogen-bond acceptors (Lipinski definition) is 4. The van der Waals surface area contributed by atoms with Crippen molar-refractivity contribution in [3.05, 3.63) is 64.7 Å². The number of rotatable bonds is 11. The SMILES string of the molecule is CCNC(=O)[C@H](CC)N(CCc1ccccc1)C(=O)CN(c1ccc(C)c(Cl)c1)S(C)(=O)=O. The molecule has 2 aromatic rings. The van der Waals surface area contributed by atoms with Crippen LogP contribution in [0.2, 0.25) is 5.02 Å². The van der Waals surface area contributed by atoms with Gasteiger partial charge in [-0.05, 0) is 49.9 Å². The third kappa shape index (κ3) is 7.47. The van der Waals surface area contributed by atoms with Gasteiger partial charge in [-0.3, -0.25) is 13.9 Å². The van der Waals surface area contributed by atoms with Crippen LogP contribution in [0.25, 0.3) is 0 Å². The van der Waals surface area contributed by atoms with Crippen LogP contribution in [0, 0.1) is 6.92 Å². The minimum atomic E-state index is -3.78. The van der Waals surface area contributed by atoms with Crippen LogP contribution in [0.15, 0.2) is 48.5 Å². The first-order valence-corrected chi connectivity index (χ1v) is 13.2. The van der Waals surface area contributed by atoms with Crippen LogP contribution in [-0.4, -0.2) is 57.1 Å². The summed E-state index contributed by atoms with van der Waals surface area (Å²) in [4.78, 5) is 27.7. The average Bonchev–Trinajstić information content (AvgIpc) is 2.76. The number of amides is 2. The summed E-state index contributed by atoms with van der Waals surface area (Å²) < 4.78 is 26.2. The molecule has 0 aliphatic rings. The number of likely N-dealkylation sites (N-methyl/N-ethyl adjacent to an activating group) is 1. The van der Waals surface area contributed by atoms with Crippen LogP contribution < -0.4 is 9.62 Å². The number of carbonyl (C=O) groups excluding carboxylic acids is 2. The second-order valence-corrected chi connectivity index (χ2v) is 10.2. The Kier molecular flexibility index (Phi) is 9.73. The highest BCUT2D eigenvalue weighted by molar-refractivity contribution is 7.92. The highest BCUT2D eigenvalue weighted by Gasteiger charge is 2.31. The Morgan fingerprint density at radius 2 is 1.76 bits per heavy atom. The van der Waals surface area contributed by atoms with Crippen molar-refractivity contribution in [1.82, 2.24) is 10.2 Å². The van der Waals surface area contributed by atoms with Gasteiger partial charge in [-0.2, -0.15) is 0 Å². The second kappa shape index (κ2) is 12.0. The molecule has 0 unspecified atom stereocenters. The summed E-state index contributed by atoms with van der Waals surface area (Å²) in [6, 6.07) is 13.8. The summed E-state index contributed by atoms with van der Waals surface area (Å²) in [5, 5.41) is 3.18. The lowest BCUT2D eigenvalue weighted by Gasteiger charge is -2.32. The van der Waals surface area contributed by atoms with Gasteiger partial charge < -0.3 is 10.2 Å². The van der Waals surface area contributed by atoms with Gasteiger partial charge in [0.2, 0.25) is 21.8 Å². The number of anilines is 1. The van der Waals surface area contributed by atoms with Crippen LogP contribution in [-0.2, 0) is 26.0 Å². The molecular formula is C24H32ClN3O4S. The standard InChI is InChI=1S/C24H32ClN3O4S/c1-5-22(24(30)26-6-2)27(15-14-19-10-8-7-9-11-19)23(29)17-28(33(4,31)32)20-13-12-18(3)21(25)16-20/h7-13,16,22H,5-6,14-15,17H2,1-4H3,(H,26,30)/t22-/m0/s1. The van der Waals surface area contributed by atoms with Crippen LogP contribution in [0.5, 0.6) is 0 Å². The smallest absolute Gasteiger partial charge is 0.244 e. The van der Waals surface area contributed by atoms with Crippen molar-refractivity contribution in [2.45, 2.75) is 39.7 Å². The van der Waals surface area contributed by atoms with Crippen molar-refractivity contribution < 1.29 is 18.0 Å². The average molecular weight is 494 g/mol. The molecule has 0 radical (unpaired) electrons. The van der Waals surface area contributed by atoms with E-state index in [9.17, 15) is 18.0 Å². The van der Waals surface area contributed by atoms with Crippen molar-refractivity contribution in [3.8, 4) is 0 Å². The molecule has 0 heterocycles. The fraction of sp³-hybridized carbons (Fsp3) is 0.417. The van der Waals surface area contributed by atoms with Crippen molar-refractivity contribution in [2.75, 3.05) is 30.2 Å². The van der Waals surface area contributed by atoms with E-state index in [-0.39, 0.29) is 12.5 Å². The lowest BCUT2D eigenvalue weighted by atomic mass is 10.1. The maximum absolute atomic E-state index is 13.5. The Balaban J connectivity index is 2.36. The van der Waals surface area contributed by atoms with Gasteiger partial charge in [-0.15, -0.1) is 0 Å². The van der Waals surface area contributed by atoms with Crippen LogP contribution in [0.1, 0.15) is 31.4 Å². The summed E-state index contributed by atoms with van der Waals surface area (Å²) in [5.41, 5.74) is 2.12. The van der Waals surface area contributed by atoms with Gasteiger partial charge in [0.15, 0.2) is 0 Å². The fourth-order valence-electron chi connectivity index (χ4n) is 3.54. The normalized spacial score (nSPS) is 12.2. The molecule has 0 spiro atoms. The Morgan fingerprint density at radius 3 is 2.30 bits per heavy atom. The zero-order chi connectivity index (χ0) is 24.6. The maximum Gasteiger partial charge on any atom is 0.244 e. The molecule has 9 heteroatoms. The molecule has 2 aromatic carbocycles. The number of nitrogens with zero attached hydrogens (tertiary/aromatic N) is 2. The number of halogens is 1. The van der Waals surface area contributed by atoms with Crippen LogP contribution in [0.3, 0.4) is 0 Å². The Labute approximate surface area is 201 Å². The second-order valence-electron chi connectivity index (χ2n) is 7.84. The van der Waals surface area contributed by atoms with E-state index >= 15 is 0 Å². The maximum atomic E-state index is 13.5. The zero-order valence-corrected chi connectivity index (χ0v) is 21.1. The molecule has 0 saturated heterocycles. The lowest BCUT2D eigenvalue weighted by Crippen LogP contribution is -2.53. The summed E-state index contributed by atoms with van der Waals surface area (Å²) in [5.74, 6) is -0.711. The van der Waals surface area contributed by atoms with Gasteiger partial charge in [-0.25, -0.2) is 8.42 Å². The van der Waals surface area contributed by atoms with Gasteiger partial charge in [0.1, 0.15) is 12.6 Å². The predicted octanol–water partition coefficient (Wildman–Crippen LogP) is 3.40. The van der Waals surface area contributed by atoms with Crippen LogP contribution >= 0.6 is 11.6 Å². The van der Waals surface area contributed by atoms with E-state index in [1.54, 1.807) is 12.1 Å². The Morgan fingerprint density at radius 1 is 1.09 bits per heavy atom. The van der Waals surface area contributed by atoms with E-state index in [0.717, 1.165) is 21.7 Å². The van der Waals surface area contributed by atoms with Gasteiger partial charge in [0.25, 0.3) is 0 Å². The van der Waals surface area contributed by atoms with E-state index in [1.807, 2.05) is 51.1 Å². The largest absolute Gasteiger partial charge is 0.355 e. The summed E-state index contributed by atoms with van der Waals surface area (Å²) in [6.45, 7) is 5.75. The van der Waals surface area contributed by atoms with E-state index in [4.69, 9.17) is 11.6 Å². The molecule has 2 rings (SSSR count). The fourth-order valence-corrected chi connectivity index (χ4v) is 4.55. The van der Waals surface area contributed by atoms with Gasteiger partial charge in [-0.1, -0.05) is 54.9 Å². The molecule has 0 saturated carbocycles. The van der Waals surface area contributed by atoms with Crippen molar-refractivity contribution in [2.24, 2.45) is 0 Å². The Hall–Kier alpha value is -2.58. The van der Waals surface area contributed by atoms with E-state index in [2.05, 4.69) is 5.32 Å². The molecule has 2 amide bonds. The van der Waals surface area contributed by atoms with Crippen molar-refractivity contribution in [1.29, 1.82) is 0 Å². The predicted molar refractivity (Wildman–Crippen MR) is 133 cm³/mol. The summed E-state index contributed by atoms with van der Waals surface area (Å²) >= 11 is 6.20. The van der Waals surface area contributed by atoms with Crippen molar-refractivity contribution >= 4 is 39.1 Å². The third-order valence-electron chi connectivity index (χ3n) is 5.34. The number of hydrogen-bond donors (Lipinski definition) is 1. The topological polar surface area (TPSA) is 86.8 Å². The monoisotopic (exact) mass is 493 g/mol. The molecule has 0 aliphatic carbocycles. The first kappa shape index (κ1) is 26.7. The zero-order valence-electron chi connectivity index (χ0n) is 19.5. The Bertz CT molecular complexity index is 1060. The number of carbonyl (C=O) groups is 2. The number of benzene rings is 2. The van der Waals surface area contributed by atoms with Crippen molar-refractivity contribution in [3.63, 3.8) is 0 Å². The molecule has 33 heavy (non-hydrogen) atoms. The minimum Gasteiger partial charge on any atom is -0.355 e. The molecule has 1 N–H and O–H groups in total.